The van der Waals surface area contributed by atoms with Crippen LogP contribution >= 0.6 is 0 Å². The fourth-order valence-electron chi connectivity index (χ4n) is 5.55. The van der Waals surface area contributed by atoms with E-state index in [2.05, 4.69) is 27.7 Å². The van der Waals surface area contributed by atoms with Crippen LogP contribution in [-0.2, 0) is 0 Å². The molecule has 0 unspecified atom stereocenters. The molecule has 3 aromatic carbocycles. The van der Waals surface area contributed by atoms with Crippen molar-refractivity contribution in [3.63, 3.8) is 0 Å². The number of anilines is 1. The fraction of sp³-hybridized carbons (Fsp3) is 0.387. The van der Waals surface area contributed by atoms with Gasteiger partial charge in [0.05, 0.1) is 16.9 Å². The van der Waals surface area contributed by atoms with Crippen LogP contribution in [0.3, 0.4) is 0 Å². The van der Waals surface area contributed by atoms with E-state index in [1.165, 1.54) is 0 Å². The molecular weight excluding hydrogens is 446 g/mol. The van der Waals surface area contributed by atoms with E-state index < -0.39 is 0 Å². The Labute approximate surface area is 213 Å². The summed E-state index contributed by atoms with van der Waals surface area (Å²) in [5.41, 5.74) is 3.67. The number of fused-ring (bicyclic) bond motifs is 4. The van der Waals surface area contributed by atoms with E-state index >= 15 is 0 Å². The average molecular weight is 482 g/mol. The van der Waals surface area contributed by atoms with Crippen LogP contribution in [0.5, 0.6) is 0 Å². The molecule has 2 heterocycles. The van der Waals surface area contributed by atoms with Gasteiger partial charge in [-0.1, -0.05) is 77.6 Å². The van der Waals surface area contributed by atoms with E-state index in [0.717, 1.165) is 66.5 Å². The summed E-state index contributed by atoms with van der Waals surface area (Å²) >= 11 is 0. The van der Waals surface area contributed by atoms with Crippen LogP contribution in [-0.4, -0.2) is 35.6 Å². The number of amides is 2. The number of hydrogen-bond acceptors (Lipinski definition) is 3. The molecule has 2 aliphatic rings. The van der Waals surface area contributed by atoms with Gasteiger partial charge in [-0.2, -0.15) is 0 Å². The third kappa shape index (κ3) is 4.01. The third-order valence-corrected chi connectivity index (χ3v) is 8.03. The lowest BCUT2D eigenvalue weighted by molar-refractivity contribution is 0.0690. The monoisotopic (exact) mass is 481 g/mol. The highest BCUT2D eigenvalue weighted by Crippen LogP contribution is 2.43. The Bertz CT molecular complexity index is 1330. The lowest BCUT2D eigenvalue weighted by Gasteiger charge is -2.30. The number of rotatable bonds is 9. The van der Waals surface area contributed by atoms with Crippen LogP contribution in [0.4, 0.5) is 11.4 Å². The number of aliphatic imine (C=N–C) groups is 1. The standard InChI is InChI=1S/C31H35N3O2/c1-5-20(6-2)18-33(19-21(7-3)8-4)30(35)23-15-16-24-25(17-23)29-32-26-13-9-11-22-12-10-14-27(28(22)26)34(29)31(24)36/h9-17,20-21H,5-8,18-19H2,1-4H3. The van der Waals surface area contributed by atoms with Crippen LogP contribution in [0.2, 0.25) is 0 Å². The van der Waals surface area contributed by atoms with Gasteiger partial charge in [0.25, 0.3) is 11.8 Å². The predicted molar refractivity (Wildman–Crippen MR) is 147 cm³/mol. The summed E-state index contributed by atoms with van der Waals surface area (Å²) in [6.45, 7) is 10.3. The molecule has 0 N–H and O–H groups in total. The first-order valence-electron chi connectivity index (χ1n) is 13.4. The SMILES string of the molecule is CCC(CC)CN(CC(CC)CC)C(=O)c1ccc2c(c1)C1=Nc3cccc4cccc(c34)N1C2=O. The Hall–Kier alpha value is -3.47. The van der Waals surface area contributed by atoms with Crippen molar-refractivity contribution < 1.29 is 9.59 Å². The summed E-state index contributed by atoms with van der Waals surface area (Å²) in [6, 6.07) is 17.5. The number of carbonyl (C=O) groups is 2. The molecule has 5 heteroatoms. The summed E-state index contributed by atoms with van der Waals surface area (Å²) in [4.78, 5) is 36.0. The zero-order valence-corrected chi connectivity index (χ0v) is 21.8. The van der Waals surface area contributed by atoms with Gasteiger partial charge in [-0.25, -0.2) is 4.99 Å². The van der Waals surface area contributed by atoms with E-state index in [1.807, 2.05) is 59.5 Å². The van der Waals surface area contributed by atoms with Gasteiger partial charge in [0.2, 0.25) is 0 Å². The van der Waals surface area contributed by atoms with Crippen LogP contribution in [0.25, 0.3) is 10.8 Å². The number of hydrogen-bond donors (Lipinski definition) is 0. The summed E-state index contributed by atoms with van der Waals surface area (Å²) < 4.78 is 0. The van der Waals surface area contributed by atoms with Gasteiger partial charge in [0.1, 0.15) is 5.84 Å². The van der Waals surface area contributed by atoms with Crippen molar-refractivity contribution in [3.05, 3.63) is 71.3 Å². The summed E-state index contributed by atoms with van der Waals surface area (Å²) in [5.74, 6) is 1.53. The Morgan fingerprint density at radius 1 is 0.861 bits per heavy atom. The molecule has 5 nitrogen and oxygen atoms in total. The van der Waals surface area contributed by atoms with Crippen LogP contribution in [0.1, 0.15) is 79.7 Å². The molecule has 2 amide bonds. The smallest absolute Gasteiger partial charge is 0.264 e. The van der Waals surface area contributed by atoms with Gasteiger partial charge >= 0.3 is 0 Å². The number of benzene rings is 3. The molecule has 3 aromatic rings. The maximum absolute atomic E-state index is 13.9. The van der Waals surface area contributed by atoms with Crippen molar-refractivity contribution in [1.29, 1.82) is 0 Å². The van der Waals surface area contributed by atoms with Crippen LogP contribution < -0.4 is 4.90 Å². The average Bonchev–Trinajstić information content (AvgIpc) is 3.20. The molecule has 0 radical (unpaired) electrons. The summed E-state index contributed by atoms with van der Waals surface area (Å²) in [6.07, 6.45) is 4.22. The van der Waals surface area contributed by atoms with Gasteiger partial charge in [0.15, 0.2) is 0 Å². The van der Waals surface area contributed by atoms with Gasteiger partial charge < -0.3 is 4.90 Å². The maximum atomic E-state index is 13.9. The molecule has 5 rings (SSSR count). The van der Waals surface area contributed by atoms with Crippen LogP contribution in [0, 0.1) is 11.8 Å². The highest BCUT2D eigenvalue weighted by molar-refractivity contribution is 6.40. The van der Waals surface area contributed by atoms with E-state index in [0.29, 0.717) is 28.8 Å². The zero-order valence-electron chi connectivity index (χ0n) is 21.8. The number of amidine groups is 1. The van der Waals surface area contributed by atoms with Crippen LogP contribution in [0.15, 0.2) is 59.6 Å². The van der Waals surface area contributed by atoms with Crippen molar-refractivity contribution in [2.75, 3.05) is 18.0 Å². The van der Waals surface area contributed by atoms with Crippen molar-refractivity contribution >= 4 is 39.8 Å². The van der Waals surface area contributed by atoms with Gasteiger partial charge in [-0.05, 0) is 47.6 Å². The minimum atomic E-state index is -0.0873. The molecule has 0 saturated heterocycles. The van der Waals surface area contributed by atoms with E-state index in [9.17, 15) is 9.59 Å². The quantitative estimate of drug-likeness (QED) is 0.324. The Morgan fingerprint density at radius 3 is 2.14 bits per heavy atom. The molecular formula is C31H35N3O2. The first kappa shape index (κ1) is 24.2. The normalized spacial score (nSPS) is 13.9. The number of carbonyl (C=O) groups excluding carboxylic acids is 2. The molecule has 0 aliphatic carbocycles. The first-order chi connectivity index (χ1) is 17.5. The summed E-state index contributed by atoms with van der Waals surface area (Å²) in [5, 5.41) is 2.05. The topological polar surface area (TPSA) is 53.0 Å². The minimum Gasteiger partial charge on any atom is -0.338 e. The highest BCUT2D eigenvalue weighted by Gasteiger charge is 2.39. The second-order valence-corrected chi connectivity index (χ2v) is 10.1. The molecule has 0 aromatic heterocycles. The Balaban J connectivity index is 1.54. The van der Waals surface area contributed by atoms with Crippen molar-refractivity contribution in [3.8, 4) is 0 Å². The molecule has 0 bridgehead atoms. The van der Waals surface area contributed by atoms with Gasteiger partial charge in [-0.3, -0.25) is 14.5 Å². The van der Waals surface area contributed by atoms with E-state index in [1.54, 1.807) is 4.90 Å². The minimum absolute atomic E-state index is 0.0430. The molecule has 186 valence electrons. The van der Waals surface area contributed by atoms with Crippen molar-refractivity contribution in [1.82, 2.24) is 4.90 Å². The molecule has 2 aliphatic heterocycles. The molecule has 36 heavy (non-hydrogen) atoms. The first-order valence-corrected chi connectivity index (χ1v) is 13.4. The second-order valence-electron chi connectivity index (χ2n) is 10.1. The Morgan fingerprint density at radius 2 is 1.50 bits per heavy atom. The summed E-state index contributed by atoms with van der Waals surface area (Å²) in [7, 11) is 0. The predicted octanol–water partition coefficient (Wildman–Crippen LogP) is 7.21. The fourth-order valence-corrected chi connectivity index (χ4v) is 5.55. The lowest BCUT2D eigenvalue weighted by atomic mass is 9.98. The maximum Gasteiger partial charge on any atom is 0.264 e. The molecule has 0 atom stereocenters. The van der Waals surface area contributed by atoms with Crippen molar-refractivity contribution in [2.24, 2.45) is 16.8 Å². The second kappa shape index (κ2) is 9.88. The highest BCUT2D eigenvalue weighted by atomic mass is 16.2. The van der Waals surface area contributed by atoms with E-state index in [-0.39, 0.29) is 11.8 Å². The van der Waals surface area contributed by atoms with E-state index in [4.69, 9.17) is 4.99 Å². The van der Waals surface area contributed by atoms with Crippen molar-refractivity contribution in [2.45, 2.75) is 53.4 Å². The molecule has 0 saturated carbocycles. The number of nitrogens with zero attached hydrogens (tertiary/aromatic N) is 3. The largest absolute Gasteiger partial charge is 0.338 e. The van der Waals surface area contributed by atoms with Gasteiger partial charge in [-0.15, -0.1) is 0 Å². The Kier molecular flexibility index (Phi) is 6.65. The van der Waals surface area contributed by atoms with Gasteiger partial charge in [0, 0.05) is 29.6 Å². The zero-order chi connectivity index (χ0) is 25.4. The third-order valence-electron chi connectivity index (χ3n) is 8.03. The molecule has 0 fully saturated rings. The molecule has 0 spiro atoms. The lowest BCUT2D eigenvalue weighted by Crippen LogP contribution is -2.38.